The molecule has 22 heavy (non-hydrogen) atoms. The monoisotopic (exact) mass is 307 g/mol. The fourth-order valence-electron chi connectivity index (χ4n) is 2.39. The first kappa shape index (κ1) is 16.3. The maximum Gasteiger partial charge on any atom is 0.311 e. The number of nitrogens with zero attached hydrogens (tertiary/aromatic N) is 1. The molecule has 0 saturated heterocycles. The lowest BCUT2D eigenvalue weighted by molar-refractivity contribution is -0.151. The predicted molar refractivity (Wildman–Crippen MR) is 80.9 cm³/mol. The number of oxime groups is 1. The standard InChI is InChI=1S/C16H21NO5/c1-4-21-16-9-13(11-5-7-12(19-2)8-6-11)14(17-22-16)10-15(18)20-3/h5-8,13,16H,4,9-10H2,1-3H3/t13-,16-/m0/s1. The van der Waals surface area contributed by atoms with Crippen LogP contribution in [0.25, 0.3) is 0 Å². The van der Waals surface area contributed by atoms with E-state index < -0.39 is 6.29 Å². The Morgan fingerprint density at radius 3 is 2.64 bits per heavy atom. The first-order valence-corrected chi connectivity index (χ1v) is 7.22. The summed E-state index contributed by atoms with van der Waals surface area (Å²) < 4.78 is 15.4. The van der Waals surface area contributed by atoms with Crippen LogP contribution in [0.4, 0.5) is 0 Å². The molecule has 2 atom stereocenters. The lowest BCUT2D eigenvalue weighted by atomic mass is 9.88. The van der Waals surface area contributed by atoms with Gasteiger partial charge in [-0.3, -0.25) is 4.79 Å². The summed E-state index contributed by atoms with van der Waals surface area (Å²) >= 11 is 0. The van der Waals surface area contributed by atoms with Crippen LogP contribution in [0.1, 0.15) is 31.2 Å². The van der Waals surface area contributed by atoms with Gasteiger partial charge >= 0.3 is 5.97 Å². The topological polar surface area (TPSA) is 66.4 Å². The molecule has 1 aromatic rings. The van der Waals surface area contributed by atoms with E-state index in [-0.39, 0.29) is 18.3 Å². The zero-order valence-corrected chi connectivity index (χ0v) is 13.1. The Morgan fingerprint density at radius 2 is 2.05 bits per heavy atom. The van der Waals surface area contributed by atoms with Crippen molar-refractivity contribution in [3.05, 3.63) is 29.8 Å². The van der Waals surface area contributed by atoms with Crippen molar-refractivity contribution in [3.63, 3.8) is 0 Å². The molecule has 0 aromatic heterocycles. The van der Waals surface area contributed by atoms with Crippen molar-refractivity contribution >= 4 is 11.7 Å². The van der Waals surface area contributed by atoms with Crippen molar-refractivity contribution in [2.75, 3.05) is 20.8 Å². The van der Waals surface area contributed by atoms with Gasteiger partial charge in [0, 0.05) is 18.9 Å². The number of ether oxygens (including phenoxy) is 3. The maximum absolute atomic E-state index is 11.6. The molecular formula is C16H21NO5. The normalized spacial score (nSPS) is 20.8. The van der Waals surface area contributed by atoms with Gasteiger partial charge in [0.1, 0.15) is 5.75 Å². The van der Waals surface area contributed by atoms with Crippen LogP contribution in [0.2, 0.25) is 0 Å². The number of carbonyl (C=O) groups is 1. The first-order chi connectivity index (χ1) is 10.7. The van der Waals surface area contributed by atoms with Crippen molar-refractivity contribution in [1.29, 1.82) is 0 Å². The predicted octanol–water partition coefficient (Wildman–Crippen LogP) is 2.48. The third-order valence-electron chi connectivity index (χ3n) is 3.54. The molecule has 0 aliphatic carbocycles. The minimum absolute atomic E-state index is 0.0460. The van der Waals surface area contributed by atoms with Crippen LogP contribution in [0.5, 0.6) is 5.75 Å². The van der Waals surface area contributed by atoms with Crippen LogP contribution >= 0.6 is 0 Å². The molecule has 120 valence electrons. The summed E-state index contributed by atoms with van der Waals surface area (Å²) in [6, 6.07) is 7.70. The van der Waals surface area contributed by atoms with E-state index in [9.17, 15) is 4.79 Å². The Kier molecular flexibility index (Phi) is 5.77. The van der Waals surface area contributed by atoms with Gasteiger partial charge in [0.15, 0.2) is 0 Å². The zero-order chi connectivity index (χ0) is 15.9. The van der Waals surface area contributed by atoms with E-state index in [2.05, 4.69) is 5.16 Å². The van der Waals surface area contributed by atoms with E-state index in [1.165, 1.54) is 7.11 Å². The van der Waals surface area contributed by atoms with E-state index in [0.29, 0.717) is 18.7 Å². The highest BCUT2D eigenvalue weighted by molar-refractivity contribution is 6.02. The quantitative estimate of drug-likeness (QED) is 0.755. The third kappa shape index (κ3) is 3.98. The summed E-state index contributed by atoms with van der Waals surface area (Å²) in [6.07, 6.45) is 0.306. The molecule has 0 spiro atoms. The molecule has 1 aliphatic rings. The number of hydrogen-bond acceptors (Lipinski definition) is 6. The van der Waals surface area contributed by atoms with Crippen LogP contribution in [0.15, 0.2) is 29.4 Å². The highest BCUT2D eigenvalue weighted by atomic mass is 16.8. The van der Waals surface area contributed by atoms with Gasteiger partial charge in [0.05, 0.1) is 26.4 Å². The highest BCUT2D eigenvalue weighted by Gasteiger charge is 2.30. The Labute approximate surface area is 130 Å². The van der Waals surface area contributed by atoms with Gasteiger partial charge < -0.3 is 19.0 Å². The van der Waals surface area contributed by atoms with Crippen LogP contribution in [0, 0.1) is 0 Å². The average molecular weight is 307 g/mol. The van der Waals surface area contributed by atoms with E-state index >= 15 is 0 Å². The Hall–Kier alpha value is -2.08. The number of hydrogen-bond donors (Lipinski definition) is 0. The van der Waals surface area contributed by atoms with Crippen LogP contribution in [-0.4, -0.2) is 38.8 Å². The number of carbonyl (C=O) groups excluding carboxylic acids is 1. The molecule has 0 N–H and O–H groups in total. The molecule has 0 radical (unpaired) electrons. The summed E-state index contributed by atoms with van der Waals surface area (Å²) in [6.45, 7) is 2.45. The zero-order valence-electron chi connectivity index (χ0n) is 13.1. The first-order valence-electron chi connectivity index (χ1n) is 7.22. The molecule has 0 fully saturated rings. The van der Waals surface area contributed by atoms with Gasteiger partial charge in [-0.15, -0.1) is 0 Å². The second-order valence-corrected chi connectivity index (χ2v) is 4.89. The Bertz CT molecular complexity index is 526. The molecule has 1 aromatic carbocycles. The highest BCUT2D eigenvalue weighted by Crippen LogP contribution is 2.31. The van der Waals surface area contributed by atoms with Crippen LogP contribution in [0.3, 0.4) is 0 Å². The molecule has 0 unspecified atom stereocenters. The molecule has 6 heteroatoms. The Morgan fingerprint density at radius 1 is 1.32 bits per heavy atom. The number of rotatable bonds is 6. The van der Waals surface area contributed by atoms with E-state index in [1.807, 2.05) is 31.2 Å². The molecule has 1 heterocycles. The lowest BCUT2D eigenvalue weighted by Crippen LogP contribution is -2.30. The SMILES string of the molecule is CCO[C@@H]1C[C@@H](c2ccc(OC)cc2)C(CC(=O)OC)=NO1. The van der Waals surface area contributed by atoms with Crippen molar-refractivity contribution in [2.24, 2.45) is 5.16 Å². The summed E-state index contributed by atoms with van der Waals surface area (Å²) in [5.74, 6) is 0.398. The Balaban J connectivity index is 2.22. The van der Waals surface area contributed by atoms with Crippen molar-refractivity contribution in [3.8, 4) is 5.75 Å². The largest absolute Gasteiger partial charge is 0.497 e. The average Bonchev–Trinajstić information content (AvgIpc) is 2.56. The molecule has 2 rings (SSSR count). The smallest absolute Gasteiger partial charge is 0.311 e. The fraction of sp³-hybridized carbons (Fsp3) is 0.500. The molecule has 1 aliphatic heterocycles. The van der Waals surface area contributed by atoms with Crippen molar-refractivity contribution in [1.82, 2.24) is 0 Å². The molecular weight excluding hydrogens is 286 g/mol. The maximum atomic E-state index is 11.6. The lowest BCUT2D eigenvalue weighted by Gasteiger charge is -2.28. The summed E-state index contributed by atoms with van der Waals surface area (Å²) in [5.41, 5.74) is 1.68. The second kappa shape index (κ2) is 7.79. The molecule has 6 nitrogen and oxygen atoms in total. The van der Waals surface area contributed by atoms with Gasteiger partial charge in [-0.05, 0) is 24.6 Å². The minimum atomic E-state index is -0.404. The summed E-state index contributed by atoms with van der Waals surface area (Å²) in [5, 5.41) is 4.08. The van der Waals surface area contributed by atoms with Crippen LogP contribution < -0.4 is 4.74 Å². The number of methoxy groups -OCH3 is 2. The summed E-state index contributed by atoms with van der Waals surface area (Å²) in [7, 11) is 2.98. The van der Waals surface area contributed by atoms with E-state index in [0.717, 1.165) is 11.3 Å². The van der Waals surface area contributed by atoms with Gasteiger partial charge in [0.25, 0.3) is 0 Å². The molecule has 0 saturated carbocycles. The van der Waals surface area contributed by atoms with Gasteiger partial charge in [-0.1, -0.05) is 17.3 Å². The second-order valence-electron chi connectivity index (χ2n) is 4.89. The third-order valence-corrected chi connectivity index (χ3v) is 3.54. The van der Waals surface area contributed by atoms with Crippen molar-refractivity contribution < 1.29 is 23.8 Å². The number of benzene rings is 1. The molecule has 0 amide bonds. The van der Waals surface area contributed by atoms with Gasteiger partial charge in [0.2, 0.25) is 6.29 Å². The van der Waals surface area contributed by atoms with Crippen LogP contribution in [-0.2, 0) is 19.1 Å². The molecule has 0 bridgehead atoms. The fourth-order valence-corrected chi connectivity index (χ4v) is 2.39. The van der Waals surface area contributed by atoms with Crippen molar-refractivity contribution in [2.45, 2.75) is 32.0 Å². The van der Waals surface area contributed by atoms with Gasteiger partial charge in [-0.2, -0.15) is 0 Å². The minimum Gasteiger partial charge on any atom is -0.497 e. The van der Waals surface area contributed by atoms with Gasteiger partial charge in [-0.25, -0.2) is 0 Å². The van der Waals surface area contributed by atoms with E-state index in [4.69, 9.17) is 19.0 Å². The number of esters is 1. The summed E-state index contributed by atoms with van der Waals surface area (Å²) in [4.78, 5) is 16.9. The van der Waals surface area contributed by atoms with E-state index in [1.54, 1.807) is 7.11 Å².